The fourth-order valence-electron chi connectivity index (χ4n) is 3.29. The fraction of sp³-hybridized carbons (Fsp3) is 0.480. The highest BCUT2D eigenvalue weighted by atomic mass is 16.3. The highest BCUT2D eigenvalue weighted by Gasteiger charge is 2.00. The van der Waals surface area contributed by atoms with E-state index < -0.39 is 0 Å². The van der Waals surface area contributed by atoms with Crippen molar-refractivity contribution in [2.24, 2.45) is 0 Å². The summed E-state index contributed by atoms with van der Waals surface area (Å²) >= 11 is 0. The molecule has 1 aromatic carbocycles. The summed E-state index contributed by atoms with van der Waals surface area (Å²) < 4.78 is 2.28. The predicted octanol–water partition coefficient (Wildman–Crippen LogP) is 6.77. The van der Waals surface area contributed by atoms with Crippen molar-refractivity contribution in [3.05, 3.63) is 59.9 Å². The first-order chi connectivity index (χ1) is 13.3. The van der Waals surface area contributed by atoms with Gasteiger partial charge in [-0.15, -0.1) is 0 Å². The maximum Gasteiger partial charge on any atom is 0.169 e. The van der Waals surface area contributed by atoms with Gasteiger partial charge in [0.2, 0.25) is 0 Å². The normalized spacial score (nSPS) is 11.3. The van der Waals surface area contributed by atoms with Crippen molar-refractivity contribution in [3.8, 4) is 5.75 Å². The van der Waals surface area contributed by atoms with Crippen molar-refractivity contribution in [2.75, 3.05) is 0 Å². The molecule has 0 aliphatic carbocycles. The van der Waals surface area contributed by atoms with E-state index in [1.807, 2.05) is 12.1 Å². The summed E-state index contributed by atoms with van der Waals surface area (Å²) in [4.78, 5) is 0. The van der Waals surface area contributed by atoms with Gasteiger partial charge in [-0.25, -0.2) is 4.57 Å². The minimum Gasteiger partial charge on any atom is -0.508 e. The standard InChI is InChI=1S/C25H35NO/c1-2-3-4-5-6-7-8-9-10-11-20-26-21-18-24(19-22-26)13-12-23-14-16-25(27)17-15-23/h12-19,21-22H,2-11,20H2,1H3/p+1. The SMILES string of the molecule is CCCCCCCCCCCC[n+]1ccc(/C=C/c2ccc(O)cc2)cc1. The molecule has 0 fully saturated rings. The van der Waals surface area contributed by atoms with Crippen molar-refractivity contribution in [3.63, 3.8) is 0 Å². The quantitative estimate of drug-likeness (QED) is 0.307. The molecule has 2 heteroatoms. The number of nitrogens with zero attached hydrogens (tertiary/aromatic N) is 1. The van der Waals surface area contributed by atoms with Gasteiger partial charge in [0.05, 0.1) is 0 Å². The van der Waals surface area contributed by atoms with Crippen LogP contribution in [-0.2, 0) is 6.54 Å². The van der Waals surface area contributed by atoms with Gasteiger partial charge in [-0.1, -0.05) is 82.6 Å². The van der Waals surface area contributed by atoms with E-state index >= 15 is 0 Å². The fourth-order valence-corrected chi connectivity index (χ4v) is 3.29. The smallest absolute Gasteiger partial charge is 0.169 e. The van der Waals surface area contributed by atoms with Gasteiger partial charge in [0.1, 0.15) is 12.3 Å². The van der Waals surface area contributed by atoms with Crippen LogP contribution in [0.25, 0.3) is 12.2 Å². The minimum atomic E-state index is 0.305. The monoisotopic (exact) mass is 366 g/mol. The molecule has 1 aromatic heterocycles. The first kappa shape index (κ1) is 21.2. The minimum absolute atomic E-state index is 0.305. The van der Waals surface area contributed by atoms with E-state index in [1.54, 1.807) is 12.1 Å². The summed E-state index contributed by atoms with van der Waals surface area (Å²) in [6.45, 7) is 3.39. The first-order valence-electron chi connectivity index (χ1n) is 10.7. The molecular weight excluding hydrogens is 330 g/mol. The third kappa shape index (κ3) is 9.42. The van der Waals surface area contributed by atoms with E-state index in [-0.39, 0.29) is 0 Å². The molecule has 2 aromatic rings. The van der Waals surface area contributed by atoms with Crippen LogP contribution in [0.2, 0.25) is 0 Å². The lowest BCUT2D eigenvalue weighted by Gasteiger charge is -2.01. The first-order valence-corrected chi connectivity index (χ1v) is 10.7. The summed E-state index contributed by atoms with van der Waals surface area (Å²) in [5, 5.41) is 9.32. The third-order valence-corrected chi connectivity index (χ3v) is 5.05. The predicted molar refractivity (Wildman–Crippen MR) is 116 cm³/mol. The lowest BCUT2D eigenvalue weighted by molar-refractivity contribution is -0.697. The summed E-state index contributed by atoms with van der Waals surface area (Å²) in [7, 11) is 0. The van der Waals surface area contributed by atoms with Crippen LogP contribution in [0.15, 0.2) is 48.8 Å². The Morgan fingerprint density at radius 3 is 1.70 bits per heavy atom. The summed E-state index contributed by atoms with van der Waals surface area (Å²) in [5.41, 5.74) is 2.29. The highest BCUT2D eigenvalue weighted by molar-refractivity contribution is 5.69. The number of hydrogen-bond acceptors (Lipinski definition) is 1. The largest absolute Gasteiger partial charge is 0.508 e. The Balaban J connectivity index is 1.58. The van der Waals surface area contributed by atoms with Gasteiger partial charge in [-0.2, -0.15) is 0 Å². The Bertz CT molecular complexity index is 643. The molecule has 1 heterocycles. The number of phenols is 1. The molecule has 0 amide bonds. The molecule has 0 unspecified atom stereocenters. The molecule has 2 rings (SSSR count). The van der Waals surface area contributed by atoms with Gasteiger partial charge in [0.15, 0.2) is 12.4 Å². The molecular formula is C25H36NO+. The highest BCUT2D eigenvalue weighted by Crippen LogP contribution is 2.13. The van der Waals surface area contributed by atoms with E-state index in [0.717, 1.165) is 12.1 Å². The number of unbranched alkanes of at least 4 members (excludes halogenated alkanes) is 9. The van der Waals surface area contributed by atoms with Crippen LogP contribution in [-0.4, -0.2) is 5.11 Å². The average Bonchev–Trinajstić information content (AvgIpc) is 2.70. The third-order valence-electron chi connectivity index (χ3n) is 5.05. The Morgan fingerprint density at radius 2 is 1.15 bits per heavy atom. The van der Waals surface area contributed by atoms with E-state index in [2.05, 4.69) is 48.2 Å². The van der Waals surface area contributed by atoms with Crippen LogP contribution in [0.4, 0.5) is 0 Å². The number of aromatic hydroxyl groups is 1. The van der Waals surface area contributed by atoms with Crippen LogP contribution in [0.1, 0.15) is 82.3 Å². The Hall–Kier alpha value is -2.09. The van der Waals surface area contributed by atoms with Crippen molar-refractivity contribution in [2.45, 2.75) is 77.7 Å². The average molecular weight is 367 g/mol. The summed E-state index contributed by atoms with van der Waals surface area (Å²) in [5.74, 6) is 0.305. The van der Waals surface area contributed by atoms with Crippen LogP contribution in [0, 0.1) is 0 Å². The number of aryl methyl sites for hydroxylation is 1. The van der Waals surface area contributed by atoms with Crippen molar-refractivity contribution < 1.29 is 9.67 Å². The molecule has 0 aliphatic rings. The molecule has 2 nitrogen and oxygen atoms in total. The number of rotatable bonds is 13. The molecule has 0 saturated carbocycles. The van der Waals surface area contributed by atoms with Gasteiger partial charge in [0.25, 0.3) is 0 Å². The second-order valence-electron chi connectivity index (χ2n) is 7.48. The maximum absolute atomic E-state index is 9.32. The van der Waals surface area contributed by atoms with Crippen molar-refractivity contribution >= 4 is 12.2 Å². The lowest BCUT2D eigenvalue weighted by atomic mass is 10.1. The zero-order chi connectivity index (χ0) is 19.2. The second kappa shape index (κ2) is 13.1. The van der Waals surface area contributed by atoms with E-state index in [4.69, 9.17) is 0 Å². The maximum atomic E-state index is 9.32. The van der Waals surface area contributed by atoms with Gasteiger partial charge in [0, 0.05) is 18.6 Å². The number of benzene rings is 1. The molecule has 0 atom stereocenters. The zero-order valence-corrected chi connectivity index (χ0v) is 16.9. The molecule has 1 N–H and O–H groups in total. The van der Waals surface area contributed by atoms with Gasteiger partial charge in [-0.05, 0) is 29.7 Å². The zero-order valence-electron chi connectivity index (χ0n) is 16.9. The molecule has 0 aliphatic heterocycles. The van der Waals surface area contributed by atoms with Crippen LogP contribution >= 0.6 is 0 Å². The number of hydrogen-bond donors (Lipinski definition) is 1. The van der Waals surface area contributed by atoms with E-state index in [0.29, 0.717) is 5.75 Å². The van der Waals surface area contributed by atoms with E-state index in [9.17, 15) is 5.11 Å². The van der Waals surface area contributed by atoms with Gasteiger partial charge < -0.3 is 5.11 Å². The number of pyridine rings is 1. The van der Waals surface area contributed by atoms with Crippen molar-refractivity contribution in [1.29, 1.82) is 0 Å². The van der Waals surface area contributed by atoms with Crippen LogP contribution < -0.4 is 4.57 Å². The lowest BCUT2D eigenvalue weighted by Crippen LogP contribution is -2.32. The molecule has 27 heavy (non-hydrogen) atoms. The molecule has 0 spiro atoms. The van der Waals surface area contributed by atoms with E-state index in [1.165, 1.54) is 69.8 Å². The molecule has 0 saturated heterocycles. The Morgan fingerprint density at radius 1 is 0.667 bits per heavy atom. The molecule has 146 valence electrons. The van der Waals surface area contributed by atoms with Gasteiger partial charge in [-0.3, -0.25) is 0 Å². The topological polar surface area (TPSA) is 24.1 Å². The van der Waals surface area contributed by atoms with Crippen LogP contribution in [0.3, 0.4) is 0 Å². The van der Waals surface area contributed by atoms with Crippen molar-refractivity contribution in [1.82, 2.24) is 0 Å². The van der Waals surface area contributed by atoms with Crippen LogP contribution in [0.5, 0.6) is 5.75 Å². The Kier molecular flexibility index (Phi) is 10.3. The molecule has 0 bridgehead atoms. The Labute approximate surface area is 165 Å². The molecule has 0 radical (unpaired) electrons. The number of phenolic OH excluding ortho intramolecular Hbond substituents is 1. The van der Waals surface area contributed by atoms with Gasteiger partial charge >= 0.3 is 0 Å². The summed E-state index contributed by atoms with van der Waals surface area (Å²) in [6.07, 6.45) is 22.3. The number of aromatic nitrogens is 1. The summed E-state index contributed by atoms with van der Waals surface area (Å²) in [6, 6.07) is 11.6. The second-order valence-corrected chi connectivity index (χ2v) is 7.48.